The summed E-state index contributed by atoms with van der Waals surface area (Å²) in [5.41, 5.74) is 1.64. The summed E-state index contributed by atoms with van der Waals surface area (Å²) in [6, 6.07) is 12.3. The minimum absolute atomic E-state index is 0.106. The second-order valence-electron chi connectivity index (χ2n) is 8.12. The summed E-state index contributed by atoms with van der Waals surface area (Å²) < 4.78 is 29.8. The highest BCUT2D eigenvalue weighted by Gasteiger charge is 2.27. The van der Waals surface area contributed by atoms with Gasteiger partial charge in [0.2, 0.25) is 5.91 Å². The molecule has 3 aromatic rings. The molecule has 1 aliphatic rings. The number of ether oxygens (including phenoxy) is 1. The highest BCUT2D eigenvalue weighted by Crippen LogP contribution is 2.36. The van der Waals surface area contributed by atoms with E-state index in [-0.39, 0.29) is 16.7 Å². The molecule has 1 saturated carbocycles. The third-order valence-corrected chi connectivity index (χ3v) is 7.96. The molecular formula is C23H26N2O4S2. The average molecular weight is 459 g/mol. The van der Waals surface area contributed by atoms with Crippen molar-refractivity contribution in [3.63, 3.8) is 0 Å². The van der Waals surface area contributed by atoms with E-state index < -0.39 is 9.84 Å². The molecule has 4 rings (SSSR count). The summed E-state index contributed by atoms with van der Waals surface area (Å²) >= 11 is 1.41. The summed E-state index contributed by atoms with van der Waals surface area (Å²) in [6.45, 7) is 0. The largest absolute Gasteiger partial charge is 0.497 e. The van der Waals surface area contributed by atoms with E-state index in [4.69, 9.17) is 4.74 Å². The zero-order chi connectivity index (χ0) is 22.0. The molecule has 0 radical (unpaired) electrons. The molecule has 2 aromatic carbocycles. The lowest BCUT2D eigenvalue weighted by Crippen LogP contribution is -2.23. The van der Waals surface area contributed by atoms with E-state index in [9.17, 15) is 13.2 Å². The molecule has 164 valence electrons. The van der Waals surface area contributed by atoms with Crippen LogP contribution in [0.3, 0.4) is 0 Å². The molecule has 0 spiro atoms. The Morgan fingerprint density at radius 1 is 1.19 bits per heavy atom. The Labute approximate surface area is 186 Å². The Kier molecular flexibility index (Phi) is 6.29. The maximum atomic E-state index is 13.3. The van der Waals surface area contributed by atoms with Gasteiger partial charge < -0.3 is 10.1 Å². The van der Waals surface area contributed by atoms with Crippen molar-refractivity contribution in [2.75, 3.05) is 18.7 Å². The van der Waals surface area contributed by atoms with Crippen LogP contribution in [-0.4, -0.2) is 32.7 Å². The Morgan fingerprint density at radius 2 is 1.90 bits per heavy atom. The minimum atomic E-state index is -3.28. The van der Waals surface area contributed by atoms with Crippen molar-refractivity contribution >= 4 is 42.4 Å². The van der Waals surface area contributed by atoms with Crippen LogP contribution in [-0.2, 0) is 14.6 Å². The fourth-order valence-corrected chi connectivity index (χ4v) is 5.73. The van der Waals surface area contributed by atoms with Gasteiger partial charge >= 0.3 is 0 Å². The number of hydrogen-bond acceptors (Lipinski definition) is 6. The number of carbonyl (C=O) groups excluding carboxylic acids is 1. The van der Waals surface area contributed by atoms with Crippen LogP contribution in [0.4, 0.5) is 5.13 Å². The number of nitrogens with one attached hydrogen (secondary N) is 1. The summed E-state index contributed by atoms with van der Waals surface area (Å²) in [5, 5.41) is 3.55. The first-order valence-electron chi connectivity index (χ1n) is 10.4. The molecule has 8 heteroatoms. The van der Waals surface area contributed by atoms with Crippen molar-refractivity contribution in [1.29, 1.82) is 0 Å². The molecule has 1 heterocycles. The average Bonchev–Trinajstić information content (AvgIpc) is 3.40. The highest BCUT2D eigenvalue weighted by molar-refractivity contribution is 7.90. The highest BCUT2D eigenvalue weighted by atomic mass is 32.2. The SMILES string of the molecule is COc1ccc2nc(NC(=O)C(CC3CCCC3)c3ccc(S(C)(=O)=O)cc3)sc2c1. The predicted molar refractivity (Wildman–Crippen MR) is 124 cm³/mol. The van der Waals surface area contributed by atoms with Crippen LogP contribution in [0, 0.1) is 5.92 Å². The third kappa shape index (κ3) is 5.07. The fourth-order valence-electron chi connectivity index (χ4n) is 4.20. The molecule has 1 amide bonds. The van der Waals surface area contributed by atoms with E-state index in [0.717, 1.165) is 40.8 Å². The first-order valence-corrected chi connectivity index (χ1v) is 13.1. The van der Waals surface area contributed by atoms with Crippen LogP contribution < -0.4 is 10.1 Å². The van der Waals surface area contributed by atoms with E-state index in [0.29, 0.717) is 11.0 Å². The molecule has 1 unspecified atom stereocenters. The van der Waals surface area contributed by atoms with Crippen LogP contribution in [0.5, 0.6) is 5.75 Å². The van der Waals surface area contributed by atoms with Crippen molar-refractivity contribution in [2.24, 2.45) is 5.92 Å². The lowest BCUT2D eigenvalue weighted by molar-refractivity contribution is -0.118. The van der Waals surface area contributed by atoms with Gasteiger partial charge in [0.25, 0.3) is 0 Å². The number of carbonyl (C=O) groups is 1. The number of fused-ring (bicyclic) bond motifs is 1. The van der Waals surface area contributed by atoms with Crippen molar-refractivity contribution in [3.8, 4) is 5.75 Å². The zero-order valence-electron chi connectivity index (χ0n) is 17.6. The van der Waals surface area contributed by atoms with Gasteiger partial charge in [0, 0.05) is 6.26 Å². The van der Waals surface area contributed by atoms with Crippen molar-refractivity contribution in [3.05, 3.63) is 48.0 Å². The molecule has 0 saturated heterocycles. The van der Waals surface area contributed by atoms with Gasteiger partial charge in [-0.1, -0.05) is 49.2 Å². The Morgan fingerprint density at radius 3 is 2.55 bits per heavy atom. The van der Waals surface area contributed by atoms with Crippen LogP contribution in [0.2, 0.25) is 0 Å². The van der Waals surface area contributed by atoms with Gasteiger partial charge in [0.05, 0.1) is 28.1 Å². The lowest BCUT2D eigenvalue weighted by Gasteiger charge is -2.20. The summed E-state index contributed by atoms with van der Waals surface area (Å²) in [4.78, 5) is 18.1. The monoisotopic (exact) mass is 458 g/mol. The van der Waals surface area contributed by atoms with E-state index in [2.05, 4.69) is 10.3 Å². The van der Waals surface area contributed by atoms with Gasteiger partial charge in [-0.2, -0.15) is 0 Å². The number of sulfone groups is 1. The number of aromatic nitrogens is 1. The third-order valence-electron chi connectivity index (χ3n) is 5.90. The standard InChI is InChI=1S/C23H26N2O4S2/c1-29-17-9-12-20-21(14-17)30-23(24-20)25-22(26)19(13-15-5-3-4-6-15)16-7-10-18(11-8-16)31(2,27)28/h7-12,14-15,19H,3-6,13H2,1-2H3,(H,24,25,26). The van der Waals surface area contributed by atoms with E-state index in [1.165, 1.54) is 30.4 Å². The van der Waals surface area contributed by atoms with Crippen LogP contribution in [0.25, 0.3) is 10.2 Å². The maximum Gasteiger partial charge on any atom is 0.233 e. The number of thiazole rings is 1. The number of amides is 1. The molecule has 1 N–H and O–H groups in total. The molecule has 6 nitrogen and oxygen atoms in total. The molecule has 1 atom stereocenters. The van der Waals surface area contributed by atoms with Gasteiger partial charge in [-0.15, -0.1) is 0 Å². The maximum absolute atomic E-state index is 13.3. The van der Waals surface area contributed by atoms with Gasteiger partial charge in [0.1, 0.15) is 5.75 Å². The Bertz CT molecular complexity index is 1180. The zero-order valence-corrected chi connectivity index (χ0v) is 19.3. The van der Waals surface area contributed by atoms with Crippen LogP contribution in [0.1, 0.15) is 43.6 Å². The summed E-state index contributed by atoms with van der Waals surface area (Å²) in [7, 11) is -1.66. The van der Waals surface area contributed by atoms with Crippen molar-refractivity contribution in [2.45, 2.75) is 42.9 Å². The second-order valence-corrected chi connectivity index (χ2v) is 11.2. The van der Waals surface area contributed by atoms with Crippen molar-refractivity contribution in [1.82, 2.24) is 4.98 Å². The van der Waals surface area contributed by atoms with Gasteiger partial charge in [-0.25, -0.2) is 13.4 Å². The summed E-state index contributed by atoms with van der Waals surface area (Å²) in [5.74, 6) is 0.798. The first kappa shape index (κ1) is 21.8. The quantitative estimate of drug-likeness (QED) is 0.538. The number of anilines is 1. The normalized spacial score (nSPS) is 15.8. The molecule has 0 bridgehead atoms. The molecular weight excluding hydrogens is 432 g/mol. The number of hydrogen-bond donors (Lipinski definition) is 1. The Hall–Kier alpha value is -2.45. The van der Waals surface area contributed by atoms with Gasteiger partial charge in [-0.05, 0) is 48.2 Å². The van der Waals surface area contributed by atoms with Gasteiger partial charge in [0.15, 0.2) is 15.0 Å². The Balaban J connectivity index is 1.59. The molecule has 0 aliphatic heterocycles. The van der Waals surface area contributed by atoms with Gasteiger partial charge in [-0.3, -0.25) is 4.79 Å². The smallest absolute Gasteiger partial charge is 0.233 e. The molecule has 1 fully saturated rings. The lowest BCUT2D eigenvalue weighted by atomic mass is 9.87. The molecule has 31 heavy (non-hydrogen) atoms. The van der Waals surface area contributed by atoms with E-state index in [1.54, 1.807) is 31.4 Å². The first-order chi connectivity index (χ1) is 14.8. The number of benzene rings is 2. The number of methoxy groups -OCH3 is 1. The van der Waals surface area contributed by atoms with Crippen LogP contribution >= 0.6 is 11.3 Å². The number of nitrogens with zero attached hydrogens (tertiary/aromatic N) is 1. The predicted octanol–water partition coefficient (Wildman–Crippen LogP) is 5.01. The topological polar surface area (TPSA) is 85.4 Å². The minimum Gasteiger partial charge on any atom is -0.497 e. The fraction of sp³-hybridized carbons (Fsp3) is 0.391. The molecule has 1 aliphatic carbocycles. The number of rotatable bonds is 7. The van der Waals surface area contributed by atoms with E-state index >= 15 is 0 Å². The van der Waals surface area contributed by atoms with E-state index in [1.807, 2.05) is 18.2 Å². The van der Waals surface area contributed by atoms with Crippen molar-refractivity contribution < 1.29 is 17.9 Å². The summed E-state index contributed by atoms with van der Waals surface area (Å²) in [6.07, 6.45) is 6.60. The molecule has 1 aromatic heterocycles. The van der Waals surface area contributed by atoms with Crippen LogP contribution in [0.15, 0.2) is 47.4 Å². The second kappa shape index (κ2) is 8.96.